The highest BCUT2D eigenvalue weighted by Gasteiger charge is 2.16. The first-order valence-electron chi connectivity index (χ1n) is 7.65. The molecule has 3 N–H and O–H groups in total. The minimum absolute atomic E-state index is 0.332. The zero-order chi connectivity index (χ0) is 18.0. The van der Waals surface area contributed by atoms with Crippen molar-refractivity contribution in [3.05, 3.63) is 29.8 Å². The molecular formula is C16H25N3O4S. The Hall–Kier alpha value is -2.09. The zero-order valence-corrected chi connectivity index (χ0v) is 15.3. The standard InChI is InChI=1S/C16H25N3O4S/c1-5-22-15(21)19-24-11-18-13-9-7-6-8-12(13)10-17-14(20)23-16(2,3)4/h6-9,18H,5,10-11H2,1-4H3,(H,17,20)(H,19,21). The number of carbonyl (C=O) groups is 2. The summed E-state index contributed by atoms with van der Waals surface area (Å²) in [6, 6.07) is 7.59. The lowest BCUT2D eigenvalue weighted by atomic mass is 10.2. The molecule has 0 atom stereocenters. The average molecular weight is 355 g/mol. The Morgan fingerprint density at radius 2 is 1.88 bits per heavy atom. The second-order valence-corrected chi connectivity index (χ2v) is 6.58. The molecule has 7 nitrogen and oxygen atoms in total. The van der Waals surface area contributed by atoms with Crippen LogP contribution in [0.2, 0.25) is 0 Å². The van der Waals surface area contributed by atoms with Crippen LogP contribution in [0, 0.1) is 0 Å². The molecule has 1 aromatic rings. The van der Waals surface area contributed by atoms with Crippen LogP contribution in [-0.2, 0) is 16.0 Å². The Bertz CT molecular complexity index is 546. The van der Waals surface area contributed by atoms with Gasteiger partial charge in [-0.2, -0.15) is 0 Å². The maximum Gasteiger partial charge on any atom is 0.417 e. The summed E-state index contributed by atoms with van der Waals surface area (Å²) in [7, 11) is 0. The van der Waals surface area contributed by atoms with Gasteiger partial charge in [-0.25, -0.2) is 9.59 Å². The number of amides is 2. The van der Waals surface area contributed by atoms with Crippen LogP contribution in [0.25, 0.3) is 0 Å². The quantitative estimate of drug-likeness (QED) is 0.394. The van der Waals surface area contributed by atoms with Crippen LogP contribution in [0.3, 0.4) is 0 Å². The number of nitrogens with one attached hydrogen (secondary N) is 3. The Morgan fingerprint density at radius 1 is 1.17 bits per heavy atom. The fourth-order valence-electron chi connectivity index (χ4n) is 1.70. The largest absolute Gasteiger partial charge is 0.449 e. The van der Waals surface area contributed by atoms with Crippen LogP contribution in [0.1, 0.15) is 33.3 Å². The van der Waals surface area contributed by atoms with Crippen molar-refractivity contribution in [1.29, 1.82) is 0 Å². The Balaban J connectivity index is 2.44. The van der Waals surface area contributed by atoms with Gasteiger partial charge in [0.05, 0.1) is 12.5 Å². The van der Waals surface area contributed by atoms with E-state index in [4.69, 9.17) is 9.47 Å². The van der Waals surface area contributed by atoms with E-state index in [1.807, 2.05) is 45.0 Å². The molecule has 0 aliphatic rings. The molecule has 0 bridgehead atoms. The Kier molecular flexibility index (Phi) is 8.25. The molecule has 0 unspecified atom stereocenters. The number of rotatable bonds is 7. The molecule has 0 fully saturated rings. The summed E-state index contributed by atoms with van der Waals surface area (Å²) >= 11 is 1.19. The van der Waals surface area contributed by atoms with Crippen LogP contribution in [-0.4, -0.2) is 30.3 Å². The summed E-state index contributed by atoms with van der Waals surface area (Å²) in [6.07, 6.45) is -0.931. The minimum Gasteiger partial charge on any atom is -0.449 e. The van der Waals surface area contributed by atoms with Gasteiger partial charge in [0.1, 0.15) is 5.60 Å². The third-order valence-corrected chi connectivity index (χ3v) is 3.20. The van der Waals surface area contributed by atoms with E-state index >= 15 is 0 Å². The normalized spacial score (nSPS) is 10.7. The summed E-state index contributed by atoms with van der Waals surface area (Å²) in [4.78, 5) is 22.9. The second kappa shape index (κ2) is 9.92. The molecule has 2 amide bonds. The average Bonchev–Trinajstić information content (AvgIpc) is 2.49. The highest BCUT2D eigenvalue weighted by molar-refractivity contribution is 7.97. The minimum atomic E-state index is -0.530. The molecule has 0 aliphatic heterocycles. The van der Waals surface area contributed by atoms with Crippen LogP contribution in [0.5, 0.6) is 0 Å². The molecule has 0 radical (unpaired) electrons. The predicted molar refractivity (Wildman–Crippen MR) is 95.8 cm³/mol. The van der Waals surface area contributed by atoms with E-state index in [0.29, 0.717) is 19.0 Å². The number of carbonyl (C=O) groups excluding carboxylic acids is 2. The maximum atomic E-state index is 11.7. The van der Waals surface area contributed by atoms with Crippen molar-refractivity contribution in [3.8, 4) is 0 Å². The number of hydrogen-bond donors (Lipinski definition) is 3. The fraction of sp³-hybridized carbons (Fsp3) is 0.500. The van der Waals surface area contributed by atoms with E-state index in [1.165, 1.54) is 11.9 Å². The molecule has 24 heavy (non-hydrogen) atoms. The SMILES string of the molecule is CCOC(=O)NSCNc1ccccc1CNC(=O)OC(C)(C)C. The molecule has 1 rings (SSSR count). The lowest BCUT2D eigenvalue weighted by Crippen LogP contribution is -2.32. The zero-order valence-electron chi connectivity index (χ0n) is 14.5. The molecule has 0 spiro atoms. The molecule has 0 aliphatic carbocycles. The first kappa shape index (κ1) is 20.0. The van der Waals surface area contributed by atoms with Gasteiger partial charge < -0.3 is 20.1 Å². The highest BCUT2D eigenvalue weighted by atomic mass is 32.2. The molecular weight excluding hydrogens is 330 g/mol. The van der Waals surface area contributed by atoms with E-state index in [9.17, 15) is 9.59 Å². The Morgan fingerprint density at radius 3 is 2.54 bits per heavy atom. The first-order valence-corrected chi connectivity index (χ1v) is 8.63. The smallest absolute Gasteiger partial charge is 0.417 e. The van der Waals surface area contributed by atoms with Gasteiger partial charge >= 0.3 is 12.2 Å². The predicted octanol–water partition coefficient (Wildman–Crippen LogP) is 3.48. The summed E-state index contributed by atoms with van der Waals surface area (Å²) in [6.45, 7) is 7.87. The summed E-state index contributed by atoms with van der Waals surface area (Å²) < 4.78 is 12.5. The summed E-state index contributed by atoms with van der Waals surface area (Å²) in [5.74, 6) is 0.461. The van der Waals surface area contributed by atoms with Crippen molar-refractivity contribution < 1.29 is 19.1 Å². The Labute approximate surface area is 147 Å². The van der Waals surface area contributed by atoms with E-state index in [2.05, 4.69) is 15.4 Å². The van der Waals surface area contributed by atoms with Crippen LogP contribution in [0.4, 0.5) is 15.3 Å². The number of benzene rings is 1. The van der Waals surface area contributed by atoms with Gasteiger partial charge in [0, 0.05) is 12.2 Å². The molecule has 1 aromatic carbocycles. The number of para-hydroxylation sites is 1. The van der Waals surface area contributed by atoms with Crippen molar-refractivity contribution in [2.45, 2.75) is 39.8 Å². The van der Waals surface area contributed by atoms with Crippen molar-refractivity contribution in [2.75, 3.05) is 17.8 Å². The van der Waals surface area contributed by atoms with Crippen LogP contribution >= 0.6 is 11.9 Å². The number of alkyl carbamates (subject to hydrolysis) is 1. The van der Waals surface area contributed by atoms with Crippen molar-refractivity contribution in [2.24, 2.45) is 0 Å². The third kappa shape index (κ3) is 8.52. The molecule has 0 saturated heterocycles. The molecule has 0 saturated carbocycles. The highest BCUT2D eigenvalue weighted by Crippen LogP contribution is 2.16. The fourth-order valence-corrected chi connectivity index (χ4v) is 2.17. The van der Waals surface area contributed by atoms with Crippen molar-refractivity contribution in [3.63, 3.8) is 0 Å². The van der Waals surface area contributed by atoms with E-state index in [1.54, 1.807) is 6.92 Å². The van der Waals surface area contributed by atoms with Crippen LogP contribution < -0.4 is 15.4 Å². The van der Waals surface area contributed by atoms with E-state index in [-0.39, 0.29) is 0 Å². The molecule has 134 valence electrons. The molecule has 0 heterocycles. The molecule has 8 heteroatoms. The topological polar surface area (TPSA) is 88.7 Å². The lowest BCUT2D eigenvalue weighted by molar-refractivity contribution is 0.0523. The number of hydrogen-bond acceptors (Lipinski definition) is 6. The van der Waals surface area contributed by atoms with Gasteiger partial charge in [0.15, 0.2) is 0 Å². The van der Waals surface area contributed by atoms with E-state index in [0.717, 1.165) is 11.3 Å². The molecule has 0 aromatic heterocycles. The van der Waals surface area contributed by atoms with E-state index < -0.39 is 17.8 Å². The van der Waals surface area contributed by atoms with Gasteiger partial charge in [0.25, 0.3) is 0 Å². The third-order valence-electron chi connectivity index (χ3n) is 2.61. The van der Waals surface area contributed by atoms with Gasteiger partial charge in [-0.1, -0.05) is 18.2 Å². The summed E-state index contributed by atoms with van der Waals surface area (Å²) in [5.41, 5.74) is 1.25. The van der Waals surface area contributed by atoms with Crippen LogP contribution in [0.15, 0.2) is 24.3 Å². The maximum absolute atomic E-state index is 11.7. The first-order chi connectivity index (χ1) is 11.3. The number of anilines is 1. The van der Waals surface area contributed by atoms with Gasteiger partial charge in [-0.15, -0.1) is 0 Å². The monoisotopic (exact) mass is 355 g/mol. The van der Waals surface area contributed by atoms with Crippen molar-refractivity contribution in [1.82, 2.24) is 10.0 Å². The van der Waals surface area contributed by atoms with Gasteiger partial charge in [0.2, 0.25) is 0 Å². The van der Waals surface area contributed by atoms with Gasteiger partial charge in [-0.05, 0) is 51.3 Å². The number of ether oxygens (including phenoxy) is 2. The lowest BCUT2D eigenvalue weighted by Gasteiger charge is -2.20. The van der Waals surface area contributed by atoms with Gasteiger partial charge in [-0.3, -0.25) is 4.72 Å². The van der Waals surface area contributed by atoms with Crippen molar-refractivity contribution >= 4 is 29.8 Å². The second-order valence-electron chi connectivity index (χ2n) is 5.80. The summed E-state index contributed by atoms with van der Waals surface area (Å²) in [5, 5.41) is 5.91.